The Kier molecular flexibility index (Phi) is 9.34. The normalized spacial score (nSPS) is 15.2. The van der Waals surface area contributed by atoms with E-state index in [1.807, 2.05) is 30.5 Å². The Balaban J connectivity index is 1.71. The number of aromatic nitrogens is 1. The highest BCUT2D eigenvalue weighted by atomic mass is 16.5. The van der Waals surface area contributed by atoms with Crippen molar-refractivity contribution in [3.05, 3.63) is 36.0 Å². The molecule has 1 fully saturated rings. The van der Waals surface area contributed by atoms with E-state index in [1.165, 1.54) is 13.5 Å². The molecule has 1 atom stereocenters. The second kappa shape index (κ2) is 12.4. The summed E-state index contributed by atoms with van der Waals surface area (Å²) in [7, 11) is 1.34. The van der Waals surface area contributed by atoms with Gasteiger partial charge in [-0.3, -0.25) is 14.4 Å². The smallest absolute Gasteiger partial charge is 0.325 e. The summed E-state index contributed by atoms with van der Waals surface area (Å²) in [5.74, 6) is -0.420. The number of rotatable bonds is 11. The first kappa shape index (κ1) is 24.8. The van der Waals surface area contributed by atoms with E-state index in [4.69, 9.17) is 4.74 Å². The lowest BCUT2D eigenvalue weighted by molar-refractivity contribution is -0.148. The number of nitrogens with zero attached hydrogens (tertiary/aromatic N) is 1. The second-order valence-electron chi connectivity index (χ2n) is 9.10. The van der Waals surface area contributed by atoms with Gasteiger partial charge in [0.1, 0.15) is 12.6 Å². The number of para-hydroxylation sites is 1. The van der Waals surface area contributed by atoms with Crippen LogP contribution in [0.4, 0.5) is 0 Å². The minimum absolute atomic E-state index is 0.0766. The van der Waals surface area contributed by atoms with Gasteiger partial charge in [0.2, 0.25) is 11.8 Å². The van der Waals surface area contributed by atoms with Gasteiger partial charge in [-0.25, -0.2) is 0 Å². The number of benzene rings is 1. The summed E-state index contributed by atoms with van der Waals surface area (Å²) >= 11 is 0. The van der Waals surface area contributed by atoms with E-state index in [1.54, 1.807) is 4.90 Å². The highest BCUT2D eigenvalue weighted by Gasteiger charge is 2.29. The minimum Gasteiger partial charge on any atom is -0.468 e. The van der Waals surface area contributed by atoms with Crippen LogP contribution in [0.2, 0.25) is 0 Å². The SMILES string of the molecule is CCCC[C@H](NC(=O)Cc1c[nH]c2ccccc12)C(=O)N(CC(=O)OC)CC1CCCCC1. The van der Waals surface area contributed by atoms with Crippen LogP contribution in [0.3, 0.4) is 0 Å². The zero-order valence-electron chi connectivity index (χ0n) is 19.9. The van der Waals surface area contributed by atoms with Gasteiger partial charge in [-0.15, -0.1) is 0 Å². The van der Waals surface area contributed by atoms with Crippen LogP contribution in [0.25, 0.3) is 10.9 Å². The zero-order chi connectivity index (χ0) is 23.6. The molecule has 7 heteroatoms. The van der Waals surface area contributed by atoms with Gasteiger partial charge in [0.05, 0.1) is 13.5 Å². The van der Waals surface area contributed by atoms with Crippen LogP contribution >= 0.6 is 0 Å². The van der Waals surface area contributed by atoms with E-state index in [2.05, 4.69) is 17.2 Å². The number of unbranched alkanes of at least 4 members (excludes halogenated alkanes) is 1. The van der Waals surface area contributed by atoms with E-state index in [-0.39, 0.29) is 24.8 Å². The highest BCUT2D eigenvalue weighted by molar-refractivity contribution is 5.92. The van der Waals surface area contributed by atoms with E-state index < -0.39 is 12.0 Å². The molecule has 1 aromatic heterocycles. The summed E-state index contributed by atoms with van der Waals surface area (Å²) in [5, 5.41) is 3.98. The fourth-order valence-corrected chi connectivity index (χ4v) is 4.72. The molecule has 1 aliphatic carbocycles. The van der Waals surface area contributed by atoms with Gasteiger partial charge in [-0.05, 0) is 36.8 Å². The van der Waals surface area contributed by atoms with Gasteiger partial charge >= 0.3 is 5.97 Å². The summed E-state index contributed by atoms with van der Waals surface area (Å²) in [4.78, 5) is 43.3. The lowest BCUT2D eigenvalue weighted by Gasteiger charge is -2.32. The number of esters is 1. The summed E-state index contributed by atoms with van der Waals surface area (Å²) in [5.41, 5.74) is 1.88. The van der Waals surface area contributed by atoms with Crippen molar-refractivity contribution >= 4 is 28.7 Å². The van der Waals surface area contributed by atoms with Crippen LogP contribution in [0.15, 0.2) is 30.5 Å². The van der Waals surface area contributed by atoms with Crippen LogP contribution in [-0.4, -0.2) is 53.9 Å². The monoisotopic (exact) mass is 455 g/mol. The predicted molar refractivity (Wildman–Crippen MR) is 129 cm³/mol. The molecule has 3 rings (SSSR count). The molecule has 0 unspecified atom stereocenters. The fourth-order valence-electron chi connectivity index (χ4n) is 4.72. The molecule has 7 nitrogen and oxygen atoms in total. The molecule has 180 valence electrons. The maximum atomic E-state index is 13.5. The molecule has 0 aliphatic heterocycles. The fraction of sp³-hybridized carbons (Fsp3) is 0.577. The van der Waals surface area contributed by atoms with Crippen LogP contribution < -0.4 is 5.32 Å². The third kappa shape index (κ3) is 7.07. The molecule has 2 amide bonds. The van der Waals surface area contributed by atoms with Crippen molar-refractivity contribution in [2.24, 2.45) is 5.92 Å². The molecular weight excluding hydrogens is 418 g/mol. The maximum absolute atomic E-state index is 13.5. The molecule has 1 heterocycles. The molecule has 0 saturated heterocycles. The number of carbonyl (C=O) groups is 3. The second-order valence-corrected chi connectivity index (χ2v) is 9.10. The molecular formula is C26H37N3O4. The number of methoxy groups -OCH3 is 1. The number of fused-ring (bicyclic) bond motifs is 1. The Morgan fingerprint density at radius 3 is 2.67 bits per heavy atom. The number of amides is 2. The molecule has 2 aromatic rings. The number of aromatic amines is 1. The lowest BCUT2D eigenvalue weighted by Crippen LogP contribution is -2.51. The zero-order valence-corrected chi connectivity index (χ0v) is 19.9. The Bertz CT molecular complexity index is 933. The van der Waals surface area contributed by atoms with Crippen molar-refractivity contribution in [1.29, 1.82) is 0 Å². The molecule has 0 radical (unpaired) electrons. The molecule has 0 spiro atoms. The molecule has 1 aliphatic rings. The number of H-pyrrole nitrogens is 1. The third-order valence-electron chi connectivity index (χ3n) is 6.57. The van der Waals surface area contributed by atoms with Gasteiger partial charge in [-0.1, -0.05) is 57.2 Å². The first-order valence-electron chi connectivity index (χ1n) is 12.2. The van der Waals surface area contributed by atoms with Crippen LogP contribution in [0.5, 0.6) is 0 Å². The Morgan fingerprint density at radius 2 is 1.94 bits per heavy atom. The summed E-state index contributed by atoms with van der Waals surface area (Å²) in [6, 6.07) is 7.21. The van der Waals surface area contributed by atoms with Crippen molar-refractivity contribution in [2.75, 3.05) is 20.2 Å². The van der Waals surface area contributed by atoms with Crippen molar-refractivity contribution in [2.45, 2.75) is 70.8 Å². The van der Waals surface area contributed by atoms with Crippen molar-refractivity contribution in [3.63, 3.8) is 0 Å². The average Bonchev–Trinajstić information content (AvgIpc) is 3.24. The number of hydrogen-bond donors (Lipinski definition) is 2. The van der Waals surface area contributed by atoms with Crippen molar-refractivity contribution < 1.29 is 19.1 Å². The molecule has 33 heavy (non-hydrogen) atoms. The number of ether oxygens (including phenoxy) is 1. The van der Waals surface area contributed by atoms with Gasteiger partial charge in [0, 0.05) is 23.6 Å². The topological polar surface area (TPSA) is 91.5 Å². The van der Waals surface area contributed by atoms with Gasteiger partial charge in [0.25, 0.3) is 0 Å². The quantitative estimate of drug-likeness (QED) is 0.502. The Labute approximate surface area is 196 Å². The predicted octanol–water partition coefficient (Wildman–Crippen LogP) is 3.97. The number of hydrogen-bond acceptors (Lipinski definition) is 4. The van der Waals surface area contributed by atoms with E-state index >= 15 is 0 Å². The highest BCUT2D eigenvalue weighted by Crippen LogP contribution is 2.25. The summed E-state index contributed by atoms with van der Waals surface area (Å²) in [6.07, 6.45) is 10.0. The van der Waals surface area contributed by atoms with E-state index in [0.29, 0.717) is 18.9 Å². The van der Waals surface area contributed by atoms with Crippen LogP contribution in [0.1, 0.15) is 63.9 Å². The van der Waals surface area contributed by atoms with E-state index in [9.17, 15) is 14.4 Å². The van der Waals surface area contributed by atoms with Gasteiger partial charge in [0.15, 0.2) is 0 Å². The largest absolute Gasteiger partial charge is 0.468 e. The Hall–Kier alpha value is -2.83. The average molecular weight is 456 g/mol. The van der Waals surface area contributed by atoms with Gasteiger partial charge in [-0.2, -0.15) is 0 Å². The third-order valence-corrected chi connectivity index (χ3v) is 6.57. The first-order chi connectivity index (χ1) is 16.0. The van der Waals surface area contributed by atoms with E-state index in [0.717, 1.165) is 55.0 Å². The van der Waals surface area contributed by atoms with Crippen LogP contribution in [0, 0.1) is 5.92 Å². The summed E-state index contributed by atoms with van der Waals surface area (Å²) in [6.45, 7) is 2.52. The molecule has 0 bridgehead atoms. The number of carbonyl (C=O) groups excluding carboxylic acids is 3. The lowest BCUT2D eigenvalue weighted by atomic mass is 9.88. The standard InChI is InChI=1S/C26H37N3O4/c1-3-4-13-23(28-24(30)15-20-16-27-22-14-9-8-12-21(20)22)26(32)29(18-25(31)33-2)17-19-10-6-5-7-11-19/h8-9,12,14,16,19,23,27H,3-7,10-11,13,15,17-18H2,1-2H3,(H,28,30)/t23-/m0/s1. The Morgan fingerprint density at radius 1 is 1.18 bits per heavy atom. The number of nitrogens with one attached hydrogen (secondary N) is 2. The van der Waals surface area contributed by atoms with Crippen LogP contribution in [-0.2, 0) is 25.5 Å². The maximum Gasteiger partial charge on any atom is 0.325 e. The summed E-state index contributed by atoms with van der Waals surface area (Å²) < 4.78 is 4.85. The molecule has 2 N–H and O–H groups in total. The first-order valence-corrected chi connectivity index (χ1v) is 12.2. The van der Waals surface area contributed by atoms with Crippen molar-refractivity contribution in [1.82, 2.24) is 15.2 Å². The molecule has 1 aromatic carbocycles. The molecule has 1 saturated carbocycles. The minimum atomic E-state index is -0.643. The van der Waals surface area contributed by atoms with Gasteiger partial charge < -0.3 is 19.9 Å². The van der Waals surface area contributed by atoms with Crippen molar-refractivity contribution in [3.8, 4) is 0 Å².